The van der Waals surface area contributed by atoms with Crippen molar-refractivity contribution in [2.24, 2.45) is 5.92 Å². The van der Waals surface area contributed by atoms with Crippen molar-refractivity contribution < 1.29 is 4.79 Å². The number of carbonyl (C=O) groups is 1. The van der Waals surface area contributed by atoms with Crippen LogP contribution in [0, 0.1) is 5.92 Å². The van der Waals surface area contributed by atoms with E-state index in [9.17, 15) is 4.79 Å². The maximum atomic E-state index is 11.6. The summed E-state index contributed by atoms with van der Waals surface area (Å²) in [5.74, 6) is 0.719. The molecule has 1 aliphatic rings. The van der Waals surface area contributed by atoms with Crippen LogP contribution in [0.3, 0.4) is 0 Å². The van der Waals surface area contributed by atoms with Crippen molar-refractivity contribution in [2.75, 3.05) is 19.6 Å². The molecule has 1 heterocycles. The van der Waals surface area contributed by atoms with Gasteiger partial charge in [0.2, 0.25) is 5.91 Å². The van der Waals surface area contributed by atoms with Gasteiger partial charge < -0.3 is 10.6 Å². The van der Waals surface area contributed by atoms with Crippen molar-refractivity contribution in [3.63, 3.8) is 0 Å². The van der Waals surface area contributed by atoms with Crippen molar-refractivity contribution in [2.45, 2.75) is 12.8 Å². The smallest absolute Gasteiger partial charge is 0.220 e. The zero-order chi connectivity index (χ0) is 12.1. The molecule has 0 aromatic heterocycles. The Morgan fingerprint density at radius 1 is 1.41 bits per heavy atom. The number of carbonyl (C=O) groups excluding carboxylic acids is 1. The predicted molar refractivity (Wildman–Crippen MR) is 69.1 cm³/mol. The first-order valence-electron chi connectivity index (χ1n) is 5.96. The Morgan fingerprint density at radius 2 is 2.18 bits per heavy atom. The molecule has 1 fully saturated rings. The van der Waals surface area contributed by atoms with Gasteiger partial charge >= 0.3 is 0 Å². The summed E-state index contributed by atoms with van der Waals surface area (Å²) in [7, 11) is 0. The SMILES string of the molecule is O=C(CCc1ccccc1Cl)NCC1CNC1. The lowest BCUT2D eigenvalue weighted by atomic mass is 10.0. The standard InChI is InChI=1S/C13H17ClN2O/c14-12-4-2-1-3-11(12)5-6-13(17)16-9-10-7-15-8-10/h1-4,10,15H,5-9H2,(H,16,17). The summed E-state index contributed by atoms with van der Waals surface area (Å²) in [5.41, 5.74) is 1.04. The molecule has 2 N–H and O–H groups in total. The van der Waals surface area contributed by atoms with Crippen LogP contribution in [0.1, 0.15) is 12.0 Å². The van der Waals surface area contributed by atoms with Crippen LogP contribution in [-0.4, -0.2) is 25.5 Å². The highest BCUT2D eigenvalue weighted by Gasteiger charge is 2.16. The van der Waals surface area contributed by atoms with E-state index in [2.05, 4.69) is 10.6 Å². The third-order valence-electron chi connectivity index (χ3n) is 3.03. The van der Waals surface area contributed by atoms with Crippen LogP contribution in [-0.2, 0) is 11.2 Å². The number of amides is 1. The minimum Gasteiger partial charge on any atom is -0.356 e. The second-order valence-electron chi connectivity index (χ2n) is 4.42. The normalized spacial score (nSPS) is 15.4. The number of hydrogen-bond donors (Lipinski definition) is 2. The molecular weight excluding hydrogens is 236 g/mol. The van der Waals surface area contributed by atoms with Gasteiger partial charge in [-0.15, -0.1) is 0 Å². The minimum absolute atomic E-state index is 0.108. The fraction of sp³-hybridized carbons (Fsp3) is 0.462. The summed E-state index contributed by atoms with van der Waals surface area (Å²) in [4.78, 5) is 11.6. The van der Waals surface area contributed by atoms with E-state index in [1.165, 1.54) is 0 Å². The van der Waals surface area contributed by atoms with Crippen LogP contribution < -0.4 is 10.6 Å². The topological polar surface area (TPSA) is 41.1 Å². The molecule has 92 valence electrons. The summed E-state index contributed by atoms with van der Waals surface area (Å²) in [6.45, 7) is 2.82. The molecule has 0 saturated carbocycles. The minimum atomic E-state index is 0.108. The van der Waals surface area contributed by atoms with Crippen molar-refractivity contribution in [1.82, 2.24) is 10.6 Å². The van der Waals surface area contributed by atoms with E-state index in [1.54, 1.807) is 0 Å². The zero-order valence-electron chi connectivity index (χ0n) is 9.71. The number of aryl methyl sites for hydroxylation is 1. The Hall–Kier alpha value is -1.06. The molecule has 0 atom stereocenters. The molecule has 0 unspecified atom stereocenters. The Kier molecular flexibility index (Phi) is 4.40. The number of nitrogens with one attached hydrogen (secondary N) is 2. The van der Waals surface area contributed by atoms with Crippen molar-refractivity contribution in [3.8, 4) is 0 Å². The summed E-state index contributed by atoms with van der Waals surface area (Å²) >= 11 is 6.03. The maximum absolute atomic E-state index is 11.6. The third kappa shape index (κ3) is 3.72. The molecule has 3 nitrogen and oxygen atoms in total. The van der Waals surface area contributed by atoms with Gasteiger partial charge in [-0.05, 0) is 18.1 Å². The van der Waals surface area contributed by atoms with Crippen molar-refractivity contribution in [1.29, 1.82) is 0 Å². The summed E-state index contributed by atoms with van der Waals surface area (Å²) in [5, 5.41) is 6.87. The van der Waals surface area contributed by atoms with E-state index in [1.807, 2.05) is 24.3 Å². The van der Waals surface area contributed by atoms with E-state index in [0.717, 1.165) is 30.2 Å². The second-order valence-corrected chi connectivity index (χ2v) is 4.83. The molecule has 0 aliphatic carbocycles. The Bertz CT molecular complexity index is 391. The largest absolute Gasteiger partial charge is 0.356 e. The molecule has 1 aromatic carbocycles. The van der Waals surface area contributed by atoms with E-state index in [0.29, 0.717) is 18.8 Å². The average molecular weight is 253 g/mol. The molecule has 4 heteroatoms. The number of rotatable bonds is 5. The van der Waals surface area contributed by atoms with E-state index < -0.39 is 0 Å². The zero-order valence-corrected chi connectivity index (χ0v) is 10.5. The van der Waals surface area contributed by atoms with Gasteiger partial charge in [-0.2, -0.15) is 0 Å². The Labute approximate surface area is 107 Å². The Balaban J connectivity index is 1.70. The molecule has 0 bridgehead atoms. The predicted octanol–water partition coefficient (Wildman–Crippen LogP) is 1.61. The monoisotopic (exact) mass is 252 g/mol. The molecule has 1 aromatic rings. The van der Waals surface area contributed by atoms with Crippen LogP contribution in [0.25, 0.3) is 0 Å². The first-order valence-corrected chi connectivity index (χ1v) is 6.34. The van der Waals surface area contributed by atoms with Gasteiger partial charge in [-0.25, -0.2) is 0 Å². The van der Waals surface area contributed by atoms with Gasteiger partial charge in [0.05, 0.1) is 0 Å². The van der Waals surface area contributed by atoms with Crippen LogP contribution in [0.2, 0.25) is 5.02 Å². The van der Waals surface area contributed by atoms with Gasteiger partial charge in [0, 0.05) is 37.0 Å². The van der Waals surface area contributed by atoms with Crippen LogP contribution >= 0.6 is 11.6 Å². The summed E-state index contributed by atoms with van der Waals surface area (Å²) < 4.78 is 0. The maximum Gasteiger partial charge on any atom is 0.220 e. The van der Waals surface area contributed by atoms with Crippen molar-refractivity contribution in [3.05, 3.63) is 34.9 Å². The first kappa shape index (κ1) is 12.4. The third-order valence-corrected chi connectivity index (χ3v) is 3.40. The van der Waals surface area contributed by atoms with E-state index in [4.69, 9.17) is 11.6 Å². The van der Waals surface area contributed by atoms with Gasteiger partial charge in [0.25, 0.3) is 0 Å². The number of hydrogen-bond acceptors (Lipinski definition) is 2. The summed E-state index contributed by atoms with van der Waals surface area (Å²) in [6.07, 6.45) is 1.21. The second kappa shape index (κ2) is 6.03. The van der Waals surface area contributed by atoms with Crippen LogP contribution in [0.5, 0.6) is 0 Å². The van der Waals surface area contributed by atoms with Crippen LogP contribution in [0.15, 0.2) is 24.3 Å². The van der Waals surface area contributed by atoms with Crippen LogP contribution in [0.4, 0.5) is 0 Å². The molecule has 2 rings (SSSR count). The first-order chi connectivity index (χ1) is 8.25. The number of benzene rings is 1. The Morgan fingerprint density at radius 3 is 2.82 bits per heavy atom. The molecule has 0 spiro atoms. The van der Waals surface area contributed by atoms with Gasteiger partial charge in [-0.1, -0.05) is 29.8 Å². The van der Waals surface area contributed by atoms with Gasteiger partial charge in [0.15, 0.2) is 0 Å². The summed E-state index contributed by atoms with van der Waals surface area (Å²) in [6, 6.07) is 7.66. The molecule has 1 saturated heterocycles. The number of halogens is 1. The highest BCUT2D eigenvalue weighted by atomic mass is 35.5. The fourth-order valence-electron chi connectivity index (χ4n) is 1.79. The lowest BCUT2D eigenvalue weighted by Crippen LogP contribution is -2.48. The molecular formula is C13H17ClN2O. The quantitative estimate of drug-likeness (QED) is 0.836. The van der Waals surface area contributed by atoms with Gasteiger partial charge in [0.1, 0.15) is 0 Å². The van der Waals surface area contributed by atoms with E-state index in [-0.39, 0.29) is 5.91 Å². The molecule has 0 radical (unpaired) electrons. The molecule has 1 aliphatic heterocycles. The average Bonchev–Trinajstić information content (AvgIpc) is 2.26. The highest BCUT2D eigenvalue weighted by molar-refractivity contribution is 6.31. The highest BCUT2D eigenvalue weighted by Crippen LogP contribution is 2.16. The van der Waals surface area contributed by atoms with Crippen molar-refractivity contribution >= 4 is 17.5 Å². The lowest BCUT2D eigenvalue weighted by Gasteiger charge is -2.27. The van der Waals surface area contributed by atoms with E-state index >= 15 is 0 Å². The fourth-order valence-corrected chi connectivity index (χ4v) is 2.02. The lowest BCUT2D eigenvalue weighted by molar-refractivity contribution is -0.121. The molecule has 1 amide bonds. The molecule has 17 heavy (non-hydrogen) atoms. The van der Waals surface area contributed by atoms with Gasteiger partial charge in [-0.3, -0.25) is 4.79 Å².